The van der Waals surface area contributed by atoms with Crippen molar-refractivity contribution in [3.05, 3.63) is 65.6 Å². The van der Waals surface area contributed by atoms with E-state index < -0.39 is 0 Å². The summed E-state index contributed by atoms with van der Waals surface area (Å²) in [5.41, 5.74) is 2.38. The van der Waals surface area contributed by atoms with Crippen molar-refractivity contribution in [2.75, 3.05) is 6.54 Å². The van der Waals surface area contributed by atoms with Gasteiger partial charge >= 0.3 is 0 Å². The summed E-state index contributed by atoms with van der Waals surface area (Å²) in [6, 6.07) is 12.2. The van der Waals surface area contributed by atoms with E-state index in [0.717, 1.165) is 30.0 Å². The second kappa shape index (κ2) is 6.07. The summed E-state index contributed by atoms with van der Waals surface area (Å²) in [6.07, 6.45) is 5.67. The van der Waals surface area contributed by atoms with Crippen LogP contribution in [0.1, 0.15) is 5.56 Å². The third-order valence-corrected chi connectivity index (χ3v) is 3.62. The Bertz CT molecular complexity index is 691. The number of hydrogen-bond acceptors (Lipinski definition) is 2. The summed E-state index contributed by atoms with van der Waals surface area (Å²) < 4.78 is 2.19. The van der Waals surface area contributed by atoms with Gasteiger partial charge in [0, 0.05) is 49.1 Å². The van der Waals surface area contributed by atoms with Gasteiger partial charge in [-0.15, -0.1) is 0 Å². The quantitative estimate of drug-likeness (QED) is 0.728. The fourth-order valence-corrected chi connectivity index (χ4v) is 2.60. The summed E-state index contributed by atoms with van der Waals surface area (Å²) in [4.78, 5) is 4.10. The van der Waals surface area contributed by atoms with Crippen molar-refractivity contribution in [1.29, 1.82) is 0 Å². The number of nitrogens with one attached hydrogen (secondary N) is 1. The predicted octanol–water partition coefficient (Wildman–Crippen LogP) is 3.48. The first-order valence-corrected chi connectivity index (χ1v) is 7.05. The molecule has 3 nitrogen and oxygen atoms in total. The van der Waals surface area contributed by atoms with Gasteiger partial charge in [-0.05, 0) is 17.7 Å². The number of nitrogens with zero attached hydrogens (tertiary/aromatic N) is 2. The largest absolute Gasteiger partial charge is 0.345 e. The maximum Gasteiger partial charge on any atom is 0.0661 e. The van der Waals surface area contributed by atoms with Crippen LogP contribution in [0, 0.1) is 0 Å². The van der Waals surface area contributed by atoms with Gasteiger partial charge in [0.2, 0.25) is 0 Å². The molecule has 102 valence electrons. The van der Waals surface area contributed by atoms with Gasteiger partial charge < -0.3 is 9.88 Å². The minimum Gasteiger partial charge on any atom is -0.345 e. The summed E-state index contributed by atoms with van der Waals surface area (Å²) >= 11 is 6.24. The van der Waals surface area contributed by atoms with Crippen LogP contribution in [0.4, 0.5) is 0 Å². The topological polar surface area (TPSA) is 29.9 Å². The van der Waals surface area contributed by atoms with Crippen molar-refractivity contribution in [1.82, 2.24) is 14.9 Å². The van der Waals surface area contributed by atoms with Crippen LogP contribution in [0.2, 0.25) is 5.02 Å². The number of rotatable bonds is 5. The molecule has 0 radical (unpaired) electrons. The van der Waals surface area contributed by atoms with Crippen molar-refractivity contribution in [3.63, 3.8) is 0 Å². The van der Waals surface area contributed by atoms with Crippen LogP contribution in [-0.2, 0) is 13.1 Å². The fraction of sp³-hybridized carbons (Fsp3) is 0.188. The van der Waals surface area contributed by atoms with Crippen LogP contribution >= 0.6 is 11.6 Å². The summed E-state index contributed by atoms with van der Waals surface area (Å²) in [5.74, 6) is 0. The molecular formula is C16H16ClN3. The number of fused-ring (bicyclic) bond motifs is 1. The second-order valence-electron chi connectivity index (χ2n) is 4.73. The average Bonchev–Trinajstić information content (AvgIpc) is 2.82. The molecule has 0 unspecified atom stereocenters. The maximum atomic E-state index is 6.24. The summed E-state index contributed by atoms with van der Waals surface area (Å²) in [7, 11) is 0. The van der Waals surface area contributed by atoms with E-state index in [1.54, 1.807) is 6.20 Å². The smallest absolute Gasteiger partial charge is 0.0661 e. The summed E-state index contributed by atoms with van der Waals surface area (Å²) in [6.45, 7) is 2.62. The molecule has 0 aliphatic rings. The molecule has 2 aromatic heterocycles. The first kappa shape index (κ1) is 13.2. The Morgan fingerprint density at radius 1 is 1.15 bits per heavy atom. The van der Waals surface area contributed by atoms with Gasteiger partial charge in [-0.2, -0.15) is 0 Å². The molecule has 0 atom stereocenters. The van der Waals surface area contributed by atoms with Crippen LogP contribution in [0.3, 0.4) is 0 Å². The zero-order chi connectivity index (χ0) is 13.8. The van der Waals surface area contributed by atoms with E-state index in [9.17, 15) is 0 Å². The van der Waals surface area contributed by atoms with E-state index >= 15 is 0 Å². The van der Waals surface area contributed by atoms with E-state index in [0.29, 0.717) is 0 Å². The average molecular weight is 286 g/mol. The molecule has 0 amide bonds. The van der Waals surface area contributed by atoms with Gasteiger partial charge in [0.1, 0.15) is 0 Å². The lowest BCUT2D eigenvalue weighted by atomic mass is 10.2. The molecule has 0 aliphatic carbocycles. The molecule has 20 heavy (non-hydrogen) atoms. The maximum absolute atomic E-state index is 6.24. The highest BCUT2D eigenvalue weighted by atomic mass is 35.5. The molecule has 2 heterocycles. The van der Waals surface area contributed by atoms with Crippen molar-refractivity contribution < 1.29 is 0 Å². The molecule has 0 aliphatic heterocycles. The molecular weight excluding hydrogens is 270 g/mol. The second-order valence-corrected chi connectivity index (χ2v) is 5.13. The molecule has 3 rings (SSSR count). The molecule has 0 fully saturated rings. The molecule has 0 saturated heterocycles. The normalized spacial score (nSPS) is 11.1. The molecule has 4 heteroatoms. The van der Waals surface area contributed by atoms with Crippen LogP contribution in [0.5, 0.6) is 0 Å². The minimum atomic E-state index is 0.813. The standard InChI is InChI=1S/C16H16ClN3/c17-15-12-20(16-6-2-1-5-14(15)16)9-8-19-11-13-4-3-7-18-10-13/h1-7,10,12,19H,8-9,11H2. The third kappa shape index (κ3) is 2.84. The number of pyridine rings is 1. The van der Waals surface area contributed by atoms with Gasteiger partial charge in [-0.25, -0.2) is 0 Å². The van der Waals surface area contributed by atoms with E-state index in [1.165, 1.54) is 11.1 Å². The van der Waals surface area contributed by atoms with Crippen molar-refractivity contribution in [2.45, 2.75) is 13.1 Å². The third-order valence-electron chi connectivity index (χ3n) is 3.32. The Kier molecular flexibility index (Phi) is 4.00. The van der Waals surface area contributed by atoms with Gasteiger partial charge in [0.15, 0.2) is 0 Å². The highest BCUT2D eigenvalue weighted by Gasteiger charge is 2.05. The van der Waals surface area contributed by atoms with E-state index in [1.807, 2.05) is 30.6 Å². The first-order valence-electron chi connectivity index (χ1n) is 6.67. The number of hydrogen-bond donors (Lipinski definition) is 1. The first-order chi connectivity index (χ1) is 9.84. The van der Waals surface area contributed by atoms with E-state index in [2.05, 4.69) is 33.1 Å². The number of benzene rings is 1. The minimum absolute atomic E-state index is 0.813. The van der Waals surface area contributed by atoms with Crippen molar-refractivity contribution >= 4 is 22.5 Å². The Labute approximate surface area is 123 Å². The number of aromatic nitrogens is 2. The highest BCUT2D eigenvalue weighted by Crippen LogP contribution is 2.25. The molecule has 0 bridgehead atoms. The molecule has 1 aromatic carbocycles. The highest BCUT2D eigenvalue weighted by molar-refractivity contribution is 6.35. The van der Waals surface area contributed by atoms with Crippen LogP contribution in [-0.4, -0.2) is 16.1 Å². The zero-order valence-corrected chi connectivity index (χ0v) is 11.8. The monoisotopic (exact) mass is 285 g/mol. The van der Waals surface area contributed by atoms with Gasteiger partial charge in [0.25, 0.3) is 0 Å². The van der Waals surface area contributed by atoms with E-state index in [-0.39, 0.29) is 0 Å². The Hall–Kier alpha value is -1.84. The van der Waals surface area contributed by atoms with Crippen molar-refractivity contribution in [3.8, 4) is 0 Å². The fourth-order valence-electron chi connectivity index (χ4n) is 2.32. The van der Waals surface area contributed by atoms with Gasteiger partial charge in [-0.1, -0.05) is 35.9 Å². The lowest BCUT2D eigenvalue weighted by molar-refractivity contribution is 0.608. The van der Waals surface area contributed by atoms with Crippen LogP contribution < -0.4 is 5.32 Å². The molecule has 1 N–H and O–H groups in total. The lowest BCUT2D eigenvalue weighted by Gasteiger charge is -2.07. The zero-order valence-electron chi connectivity index (χ0n) is 11.1. The summed E-state index contributed by atoms with van der Waals surface area (Å²) in [5, 5.41) is 5.35. The Balaban J connectivity index is 1.60. The molecule has 0 saturated carbocycles. The SMILES string of the molecule is Clc1cn(CCNCc2cccnc2)c2ccccc12. The van der Waals surface area contributed by atoms with Gasteiger partial charge in [-0.3, -0.25) is 4.98 Å². The Morgan fingerprint density at radius 3 is 2.90 bits per heavy atom. The van der Waals surface area contributed by atoms with E-state index in [4.69, 9.17) is 11.6 Å². The number of halogens is 1. The van der Waals surface area contributed by atoms with Crippen LogP contribution in [0.15, 0.2) is 55.0 Å². The Morgan fingerprint density at radius 2 is 2.05 bits per heavy atom. The molecule has 0 spiro atoms. The lowest BCUT2D eigenvalue weighted by Crippen LogP contribution is -2.19. The van der Waals surface area contributed by atoms with Crippen molar-refractivity contribution in [2.24, 2.45) is 0 Å². The number of para-hydroxylation sites is 1. The van der Waals surface area contributed by atoms with Gasteiger partial charge in [0.05, 0.1) is 5.02 Å². The van der Waals surface area contributed by atoms with Crippen LogP contribution in [0.25, 0.3) is 10.9 Å². The predicted molar refractivity (Wildman–Crippen MR) is 82.9 cm³/mol. The molecule has 3 aromatic rings.